The number of esters is 2. The summed E-state index contributed by atoms with van der Waals surface area (Å²) in [6.45, 7) is 1.85. The third-order valence-corrected chi connectivity index (χ3v) is 7.24. The maximum absolute atomic E-state index is 13.1. The van der Waals surface area contributed by atoms with E-state index in [1.54, 1.807) is 60.7 Å². The summed E-state index contributed by atoms with van der Waals surface area (Å²) >= 11 is 0. The van der Waals surface area contributed by atoms with Crippen LogP contribution in [-0.4, -0.2) is 66.0 Å². The predicted molar refractivity (Wildman–Crippen MR) is 181 cm³/mol. The van der Waals surface area contributed by atoms with E-state index in [2.05, 4.69) is 16.0 Å². The molecule has 0 fully saturated rings. The average molecular weight is 690 g/mol. The first-order chi connectivity index (χ1) is 24.1. The monoisotopic (exact) mass is 689 g/mol. The van der Waals surface area contributed by atoms with E-state index in [0.29, 0.717) is 12.1 Å². The highest BCUT2D eigenvalue weighted by Crippen LogP contribution is 2.18. The number of hydrogen-bond acceptors (Lipinski definition) is 9. The van der Waals surface area contributed by atoms with Gasteiger partial charge in [0.05, 0.1) is 13.0 Å². The van der Waals surface area contributed by atoms with Gasteiger partial charge in [0.25, 0.3) is 6.10 Å². The zero-order valence-corrected chi connectivity index (χ0v) is 27.9. The lowest BCUT2D eigenvalue weighted by molar-refractivity contribution is -0.168. The number of carbonyl (C=O) groups is 6. The molecule has 0 spiro atoms. The Kier molecular flexibility index (Phi) is 16.5. The molecule has 1 unspecified atom stereocenters. The van der Waals surface area contributed by atoms with E-state index in [1.165, 1.54) is 12.1 Å². The van der Waals surface area contributed by atoms with Crippen molar-refractivity contribution in [3.05, 3.63) is 102 Å². The van der Waals surface area contributed by atoms with Crippen LogP contribution in [0.2, 0.25) is 0 Å². The molecule has 3 aromatic rings. The molecule has 0 saturated heterocycles. The maximum atomic E-state index is 13.1. The Hall–Kier alpha value is -5.72. The quantitative estimate of drug-likeness (QED) is 0.0735. The number of carboxylic acids is 1. The van der Waals surface area contributed by atoms with Crippen molar-refractivity contribution < 1.29 is 48.1 Å². The molecule has 1 atom stereocenters. The molecule has 3 amide bonds. The number of hydrogen-bond donors (Lipinski definition) is 4. The third kappa shape index (κ3) is 14.6. The maximum Gasteiger partial charge on any atom is 0.359 e. The molecule has 0 saturated carbocycles. The van der Waals surface area contributed by atoms with Gasteiger partial charge in [-0.05, 0) is 35.2 Å². The first kappa shape index (κ1) is 38.7. The zero-order valence-electron chi connectivity index (χ0n) is 27.9. The van der Waals surface area contributed by atoms with Crippen molar-refractivity contribution in [3.63, 3.8) is 0 Å². The molecule has 0 aliphatic carbocycles. The molecule has 13 heteroatoms. The Morgan fingerprint density at radius 2 is 1.26 bits per heavy atom. The number of aliphatic carboxylic acids is 1. The van der Waals surface area contributed by atoms with Gasteiger partial charge in [-0.15, -0.1) is 0 Å². The topological polar surface area (TPSA) is 186 Å². The fourth-order valence-corrected chi connectivity index (χ4v) is 4.53. The lowest BCUT2D eigenvalue weighted by Crippen LogP contribution is -2.50. The average Bonchev–Trinajstić information content (AvgIpc) is 3.13. The van der Waals surface area contributed by atoms with E-state index in [-0.39, 0.29) is 38.2 Å². The van der Waals surface area contributed by atoms with Crippen LogP contribution in [0.3, 0.4) is 0 Å². The summed E-state index contributed by atoms with van der Waals surface area (Å²) in [5.74, 6) is -4.52. The summed E-state index contributed by atoms with van der Waals surface area (Å²) in [4.78, 5) is 74.4. The van der Waals surface area contributed by atoms with Crippen molar-refractivity contribution in [1.29, 1.82) is 0 Å². The van der Waals surface area contributed by atoms with Crippen molar-refractivity contribution in [2.75, 3.05) is 13.1 Å². The van der Waals surface area contributed by atoms with Gasteiger partial charge in [0.1, 0.15) is 25.0 Å². The Labute approximate surface area is 290 Å². The molecule has 0 aromatic heterocycles. The van der Waals surface area contributed by atoms with Gasteiger partial charge < -0.3 is 35.3 Å². The van der Waals surface area contributed by atoms with Crippen molar-refractivity contribution in [1.82, 2.24) is 16.0 Å². The normalized spacial score (nSPS) is 11.2. The first-order valence-electron chi connectivity index (χ1n) is 16.4. The minimum Gasteiger partial charge on any atom is -0.481 e. The van der Waals surface area contributed by atoms with Crippen LogP contribution in [0.1, 0.15) is 55.7 Å². The van der Waals surface area contributed by atoms with Crippen molar-refractivity contribution in [3.8, 4) is 5.75 Å². The van der Waals surface area contributed by atoms with Crippen molar-refractivity contribution in [2.45, 2.75) is 70.8 Å². The van der Waals surface area contributed by atoms with Crippen LogP contribution in [0.5, 0.6) is 5.75 Å². The molecule has 266 valence electrons. The number of amides is 3. The van der Waals surface area contributed by atoms with Crippen LogP contribution in [-0.2, 0) is 57.9 Å². The second-order valence-corrected chi connectivity index (χ2v) is 11.3. The van der Waals surface area contributed by atoms with Crippen molar-refractivity contribution >= 4 is 35.6 Å². The van der Waals surface area contributed by atoms with Gasteiger partial charge in [0.2, 0.25) is 17.7 Å². The van der Waals surface area contributed by atoms with Gasteiger partial charge in [-0.2, -0.15) is 0 Å². The summed E-state index contributed by atoms with van der Waals surface area (Å²) in [5, 5.41) is 16.5. The van der Waals surface area contributed by atoms with E-state index in [4.69, 9.17) is 19.3 Å². The molecule has 0 heterocycles. The number of ether oxygens (including phenoxy) is 3. The largest absolute Gasteiger partial charge is 0.481 e. The lowest BCUT2D eigenvalue weighted by Gasteiger charge is -2.20. The third-order valence-electron chi connectivity index (χ3n) is 7.24. The highest BCUT2D eigenvalue weighted by Gasteiger charge is 2.33. The summed E-state index contributed by atoms with van der Waals surface area (Å²) in [6, 6.07) is 23.2. The van der Waals surface area contributed by atoms with Gasteiger partial charge in [0, 0.05) is 19.4 Å². The Bertz CT molecular complexity index is 1490. The van der Waals surface area contributed by atoms with Crippen molar-refractivity contribution in [2.24, 2.45) is 0 Å². The fourth-order valence-electron chi connectivity index (χ4n) is 4.53. The number of carbonyl (C=O) groups excluding carboxylic acids is 5. The Morgan fingerprint density at radius 3 is 1.80 bits per heavy atom. The molecule has 3 aromatic carbocycles. The predicted octanol–water partition coefficient (Wildman–Crippen LogP) is 3.24. The van der Waals surface area contributed by atoms with Crippen LogP contribution < -0.4 is 20.7 Å². The van der Waals surface area contributed by atoms with Gasteiger partial charge in [0.15, 0.2) is 0 Å². The minimum atomic E-state index is -1.72. The summed E-state index contributed by atoms with van der Waals surface area (Å²) in [6.07, 6.45) is 0.330. The van der Waals surface area contributed by atoms with Crippen LogP contribution >= 0.6 is 0 Å². The van der Waals surface area contributed by atoms with E-state index in [1.807, 2.05) is 19.1 Å². The fraction of sp³-hybridized carbons (Fsp3) is 0.351. The van der Waals surface area contributed by atoms with E-state index >= 15 is 0 Å². The van der Waals surface area contributed by atoms with E-state index in [9.17, 15) is 28.8 Å². The summed E-state index contributed by atoms with van der Waals surface area (Å²) in [5.41, 5.74) is 2.06. The van der Waals surface area contributed by atoms with Crippen LogP contribution in [0.4, 0.5) is 0 Å². The Balaban J connectivity index is 1.68. The molecule has 0 bridgehead atoms. The van der Waals surface area contributed by atoms with Crippen LogP contribution in [0.25, 0.3) is 0 Å². The number of benzene rings is 3. The number of carboxylic acid groups (broad SMARTS) is 1. The Morgan fingerprint density at radius 1 is 0.680 bits per heavy atom. The van der Waals surface area contributed by atoms with Gasteiger partial charge in [-0.3, -0.25) is 19.2 Å². The number of rotatable bonds is 21. The standard InChI is InChI=1S/C37H43N3O10/c1-2-3-10-21-38-35(45)30(40-32(42)23-39-31(41)19-20-33(43)44)22-26-15-17-29(18-16-26)50-34(36(46)48-24-27-11-6-4-7-12-27)37(47)49-25-28-13-8-5-9-14-28/h4-9,11-18,30,34H,2-3,10,19-25H2,1H3,(H,38,45)(H,39,41)(H,40,42)(H,43,44). The second kappa shape index (κ2) is 21.3. The molecule has 3 rings (SSSR count). The highest BCUT2D eigenvalue weighted by atomic mass is 16.6. The molecule has 0 aliphatic rings. The lowest BCUT2D eigenvalue weighted by atomic mass is 10.0. The van der Waals surface area contributed by atoms with Gasteiger partial charge in [-0.1, -0.05) is 92.6 Å². The second-order valence-electron chi connectivity index (χ2n) is 11.3. The molecule has 0 aliphatic heterocycles. The summed E-state index contributed by atoms with van der Waals surface area (Å²) < 4.78 is 16.5. The molecule has 50 heavy (non-hydrogen) atoms. The molecule has 4 N–H and O–H groups in total. The SMILES string of the molecule is CCCCCNC(=O)C(Cc1ccc(OC(C(=O)OCc2ccccc2)C(=O)OCc2ccccc2)cc1)NC(=O)CNC(=O)CCC(=O)O. The van der Waals surface area contributed by atoms with Crippen LogP contribution in [0.15, 0.2) is 84.9 Å². The minimum absolute atomic E-state index is 0.0697. The highest BCUT2D eigenvalue weighted by molar-refractivity contribution is 5.98. The number of nitrogens with one attached hydrogen (secondary N) is 3. The smallest absolute Gasteiger partial charge is 0.359 e. The summed E-state index contributed by atoms with van der Waals surface area (Å²) in [7, 11) is 0. The zero-order chi connectivity index (χ0) is 36.1. The first-order valence-corrected chi connectivity index (χ1v) is 16.4. The van der Waals surface area contributed by atoms with Crippen LogP contribution in [0, 0.1) is 0 Å². The van der Waals surface area contributed by atoms with Gasteiger partial charge in [-0.25, -0.2) is 9.59 Å². The van der Waals surface area contributed by atoms with E-state index < -0.39 is 54.3 Å². The molecule has 0 radical (unpaired) electrons. The van der Waals surface area contributed by atoms with Gasteiger partial charge >= 0.3 is 17.9 Å². The van der Waals surface area contributed by atoms with E-state index in [0.717, 1.165) is 30.4 Å². The molecular formula is C37H43N3O10. The molecular weight excluding hydrogens is 646 g/mol. The molecule has 13 nitrogen and oxygen atoms in total. The number of unbranched alkanes of at least 4 members (excludes halogenated alkanes) is 2.